The van der Waals surface area contributed by atoms with E-state index in [1.165, 1.54) is 0 Å². The van der Waals surface area contributed by atoms with E-state index in [0.717, 1.165) is 12.8 Å². The van der Waals surface area contributed by atoms with Crippen LogP contribution in [0.15, 0.2) is 0 Å². The highest BCUT2D eigenvalue weighted by atomic mass is 16.2. The Morgan fingerprint density at radius 3 is 2.15 bits per heavy atom. The molecule has 112 valence electrons. The Balaban J connectivity index is 4.58. The number of carbonyl (C=O) groups excluding carboxylic acids is 3. The topological polar surface area (TPSA) is 75.3 Å². The minimum absolute atomic E-state index is 0.143. The van der Waals surface area contributed by atoms with Gasteiger partial charge in [-0.3, -0.25) is 9.59 Å². The molecule has 20 heavy (non-hydrogen) atoms. The highest BCUT2D eigenvalue weighted by Gasteiger charge is 2.24. The fraction of sp³-hybridized carbons (Fsp3) is 0.786. The van der Waals surface area contributed by atoms with Crippen molar-refractivity contribution < 1.29 is 14.4 Å². The first kappa shape index (κ1) is 18.7. The lowest BCUT2D eigenvalue weighted by molar-refractivity contribution is -0.132. The van der Waals surface area contributed by atoms with Crippen LogP contribution in [0.4, 0.5) is 0 Å². The summed E-state index contributed by atoms with van der Waals surface area (Å²) in [7, 11) is 4.99. The van der Waals surface area contributed by atoms with Crippen LogP contribution < -0.4 is 10.6 Å². The van der Waals surface area contributed by atoms with E-state index in [0.29, 0.717) is 6.42 Å². The minimum Gasteiger partial charge on any atom is -0.348 e. The fourth-order valence-corrected chi connectivity index (χ4v) is 1.58. The summed E-state index contributed by atoms with van der Waals surface area (Å²) in [5.41, 5.74) is -0.602. The van der Waals surface area contributed by atoms with E-state index in [1.54, 1.807) is 0 Å². The van der Waals surface area contributed by atoms with Gasteiger partial charge in [0.05, 0.1) is 12.2 Å². The predicted molar refractivity (Wildman–Crippen MR) is 79.2 cm³/mol. The second kappa shape index (κ2) is 9.56. The molecule has 0 rings (SSSR count). The van der Waals surface area contributed by atoms with Gasteiger partial charge in [-0.05, 0) is 12.3 Å². The van der Waals surface area contributed by atoms with E-state index < -0.39 is 11.7 Å². The van der Waals surface area contributed by atoms with Crippen molar-refractivity contribution in [3.05, 3.63) is 0 Å². The van der Waals surface area contributed by atoms with Gasteiger partial charge in [0.2, 0.25) is 11.8 Å². The van der Waals surface area contributed by atoms with Gasteiger partial charge in [0, 0.05) is 5.92 Å². The Hall–Kier alpha value is -1.33. The van der Waals surface area contributed by atoms with Gasteiger partial charge in [-0.25, -0.2) is 0 Å². The summed E-state index contributed by atoms with van der Waals surface area (Å²) in [5.74, 6) is -0.463. The molecule has 0 heterocycles. The smallest absolute Gasteiger partial charge is 0.242 e. The molecule has 0 aliphatic rings. The molecule has 0 spiro atoms. The molecular weight excluding hydrogens is 255 g/mol. The molecule has 0 aliphatic carbocycles. The number of amides is 2. The Labute approximate surface area is 122 Å². The lowest BCUT2D eigenvalue weighted by atomic mass is 9.96. The van der Waals surface area contributed by atoms with E-state index >= 15 is 0 Å². The molecule has 2 amide bonds. The third-order valence-corrected chi connectivity index (χ3v) is 3.33. The van der Waals surface area contributed by atoms with Crippen molar-refractivity contribution in [2.24, 2.45) is 11.8 Å². The number of rotatable bonds is 9. The zero-order valence-corrected chi connectivity index (χ0v) is 12.9. The van der Waals surface area contributed by atoms with Gasteiger partial charge in [0.15, 0.2) is 7.85 Å². The number of hydrogen-bond donors (Lipinski definition) is 2. The molecule has 0 saturated carbocycles. The molecule has 6 heteroatoms. The zero-order valence-electron chi connectivity index (χ0n) is 12.9. The van der Waals surface area contributed by atoms with Crippen LogP contribution in [0.2, 0.25) is 0 Å². The SMILES string of the molecule is [B]C(=O)CNC(=O)[C@H](CCCC)NC(=O)[C@@H](C)C(C)C. The summed E-state index contributed by atoms with van der Waals surface area (Å²) in [6, 6.07) is -0.608. The quantitative estimate of drug-likeness (QED) is 0.612. The van der Waals surface area contributed by atoms with Gasteiger partial charge < -0.3 is 15.4 Å². The molecule has 2 N–H and O–H groups in total. The minimum atomic E-state index is -0.608. The molecule has 0 aromatic rings. The summed E-state index contributed by atoms with van der Waals surface area (Å²) < 4.78 is 0. The van der Waals surface area contributed by atoms with Crippen LogP contribution >= 0.6 is 0 Å². The second-order valence-corrected chi connectivity index (χ2v) is 5.42. The summed E-state index contributed by atoms with van der Waals surface area (Å²) in [6.07, 6.45) is 2.30. The average molecular weight is 280 g/mol. The molecule has 5 nitrogen and oxygen atoms in total. The van der Waals surface area contributed by atoms with Gasteiger partial charge in [-0.1, -0.05) is 40.5 Å². The summed E-state index contributed by atoms with van der Waals surface area (Å²) >= 11 is 0. The maximum absolute atomic E-state index is 12.0. The third-order valence-electron chi connectivity index (χ3n) is 3.33. The zero-order chi connectivity index (χ0) is 15.7. The van der Waals surface area contributed by atoms with Crippen LogP contribution in [-0.4, -0.2) is 37.9 Å². The van der Waals surface area contributed by atoms with Gasteiger partial charge in [0.1, 0.15) is 6.04 Å². The van der Waals surface area contributed by atoms with Crippen LogP contribution in [0.3, 0.4) is 0 Å². The van der Waals surface area contributed by atoms with Crippen molar-refractivity contribution in [3.63, 3.8) is 0 Å². The Kier molecular flexibility index (Phi) is 8.93. The van der Waals surface area contributed by atoms with Crippen molar-refractivity contribution >= 4 is 25.3 Å². The lowest BCUT2D eigenvalue weighted by Crippen LogP contribution is -2.49. The van der Waals surface area contributed by atoms with Crippen molar-refractivity contribution in [1.82, 2.24) is 10.6 Å². The average Bonchev–Trinajstić information content (AvgIpc) is 2.39. The first-order chi connectivity index (χ1) is 9.29. The predicted octanol–water partition coefficient (Wildman–Crippen LogP) is 0.765. The number of nitrogens with one attached hydrogen (secondary N) is 2. The van der Waals surface area contributed by atoms with E-state index in [4.69, 9.17) is 7.85 Å². The largest absolute Gasteiger partial charge is 0.348 e. The van der Waals surface area contributed by atoms with E-state index in [-0.39, 0.29) is 30.2 Å². The highest BCUT2D eigenvalue weighted by Crippen LogP contribution is 2.11. The number of hydrogen-bond acceptors (Lipinski definition) is 3. The summed E-state index contributed by atoms with van der Waals surface area (Å²) in [4.78, 5) is 34.6. The monoisotopic (exact) mass is 280 g/mol. The van der Waals surface area contributed by atoms with Gasteiger partial charge in [-0.15, -0.1) is 0 Å². The van der Waals surface area contributed by atoms with Crippen molar-refractivity contribution in [3.8, 4) is 0 Å². The first-order valence-electron chi connectivity index (χ1n) is 7.15. The van der Waals surface area contributed by atoms with E-state index in [1.807, 2.05) is 27.7 Å². The van der Waals surface area contributed by atoms with Crippen LogP contribution in [-0.2, 0) is 14.4 Å². The second-order valence-electron chi connectivity index (χ2n) is 5.42. The molecule has 0 saturated heterocycles. The molecule has 0 fully saturated rings. The Bertz CT molecular complexity index is 345. The highest BCUT2D eigenvalue weighted by molar-refractivity contribution is 6.58. The standard InChI is InChI=1S/C14H25BN2O3/c1-5-6-7-11(14(20)16-8-12(15)18)17-13(19)10(4)9(2)3/h9-11H,5-8H2,1-4H3,(H,16,20)(H,17,19)/t10-,11-/m0/s1. The van der Waals surface area contributed by atoms with Crippen LogP contribution in [0.5, 0.6) is 0 Å². The molecule has 2 atom stereocenters. The van der Waals surface area contributed by atoms with Crippen molar-refractivity contribution in [1.29, 1.82) is 0 Å². The summed E-state index contributed by atoms with van der Waals surface area (Å²) in [6.45, 7) is 7.54. The van der Waals surface area contributed by atoms with Crippen LogP contribution in [0.1, 0.15) is 47.0 Å². The van der Waals surface area contributed by atoms with E-state index in [9.17, 15) is 14.4 Å². The van der Waals surface area contributed by atoms with Crippen molar-refractivity contribution in [2.75, 3.05) is 6.54 Å². The lowest BCUT2D eigenvalue weighted by Gasteiger charge is -2.22. The fourth-order valence-electron chi connectivity index (χ4n) is 1.58. The maximum atomic E-state index is 12.0. The Morgan fingerprint density at radius 2 is 1.70 bits per heavy atom. The molecule has 0 aliphatic heterocycles. The molecule has 0 aromatic heterocycles. The normalized spacial score (nSPS) is 13.7. The molecule has 0 unspecified atom stereocenters. The summed E-state index contributed by atoms with van der Waals surface area (Å²) in [5, 5.41) is 5.19. The maximum Gasteiger partial charge on any atom is 0.242 e. The van der Waals surface area contributed by atoms with E-state index in [2.05, 4.69) is 10.6 Å². The van der Waals surface area contributed by atoms with Gasteiger partial charge >= 0.3 is 0 Å². The number of carbonyl (C=O) groups is 3. The van der Waals surface area contributed by atoms with Gasteiger partial charge in [0.25, 0.3) is 0 Å². The number of unbranched alkanes of at least 4 members (excludes halogenated alkanes) is 1. The van der Waals surface area contributed by atoms with Crippen LogP contribution in [0.25, 0.3) is 0 Å². The molecule has 0 aromatic carbocycles. The molecular formula is C14H25BN2O3. The van der Waals surface area contributed by atoms with Crippen molar-refractivity contribution in [2.45, 2.75) is 53.0 Å². The molecule has 0 bridgehead atoms. The molecule has 2 radical (unpaired) electrons. The van der Waals surface area contributed by atoms with Gasteiger partial charge in [-0.2, -0.15) is 0 Å². The van der Waals surface area contributed by atoms with Crippen LogP contribution in [0, 0.1) is 11.8 Å². The third kappa shape index (κ3) is 7.31. The Morgan fingerprint density at radius 1 is 1.10 bits per heavy atom. The first-order valence-corrected chi connectivity index (χ1v) is 7.15.